The molecule has 0 amide bonds. The van der Waals surface area contributed by atoms with Crippen molar-refractivity contribution in [2.75, 3.05) is 31.2 Å². The van der Waals surface area contributed by atoms with Crippen molar-refractivity contribution in [2.45, 2.75) is 13.0 Å². The number of hydrogen-bond donors (Lipinski definition) is 1. The van der Waals surface area contributed by atoms with Crippen molar-refractivity contribution in [3.05, 3.63) is 54.1 Å². The summed E-state index contributed by atoms with van der Waals surface area (Å²) in [4.78, 5) is 17.6. The Balaban J connectivity index is 1.59. The van der Waals surface area contributed by atoms with E-state index in [1.54, 1.807) is 18.3 Å². The molecule has 2 aromatic carbocycles. The fourth-order valence-electron chi connectivity index (χ4n) is 2.61. The van der Waals surface area contributed by atoms with Crippen LogP contribution in [0.2, 0.25) is 0 Å². The number of carboxylic acid groups (broad SMARTS) is 1. The van der Waals surface area contributed by atoms with Crippen LogP contribution in [-0.2, 0) is 9.53 Å². The zero-order valence-electron chi connectivity index (χ0n) is 14.7. The summed E-state index contributed by atoms with van der Waals surface area (Å²) in [6.07, 6.45) is 0.897. The minimum Gasteiger partial charge on any atom is -0.479 e. The molecule has 6 heteroatoms. The van der Waals surface area contributed by atoms with Crippen LogP contribution in [0.5, 0.6) is 5.75 Å². The topological polar surface area (TPSA) is 71.4 Å². The quantitative estimate of drug-likeness (QED) is 0.807. The predicted octanol–water partition coefficient (Wildman–Crippen LogP) is 3.13. The van der Waals surface area contributed by atoms with Crippen LogP contribution in [0, 0.1) is 0 Å². The molecule has 136 valence electrons. The molecule has 26 heavy (non-hydrogen) atoms. The third kappa shape index (κ3) is 4.83. The zero-order chi connectivity index (χ0) is 18.4. The number of morpholine rings is 1. The Kier molecular flexibility index (Phi) is 5.86. The van der Waals surface area contributed by atoms with E-state index in [-0.39, 0.29) is 0 Å². The van der Waals surface area contributed by atoms with Crippen LogP contribution in [-0.4, -0.2) is 49.7 Å². The van der Waals surface area contributed by atoms with E-state index in [0.29, 0.717) is 5.75 Å². The highest BCUT2D eigenvalue weighted by Crippen LogP contribution is 2.21. The summed E-state index contributed by atoms with van der Waals surface area (Å²) in [5.41, 5.74) is 2.97. The molecule has 0 spiro atoms. The maximum absolute atomic E-state index is 10.8. The summed E-state index contributed by atoms with van der Waals surface area (Å²) in [6.45, 7) is 4.86. The lowest BCUT2D eigenvalue weighted by Gasteiger charge is -2.28. The van der Waals surface area contributed by atoms with Crippen LogP contribution in [0.15, 0.2) is 53.5 Å². The Morgan fingerprint density at radius 3 is 2.42 bits per heavy atom. The van der Waals surface area contributed by atoms with Crippen molar-refractivity contribution in [2.24, 2.45) is 4.99 Å². The fraction of sp³-hybridized carbons (Fsp3) is 0.300. The van der Waals surface area contributed by atoms with Crippen LogP contribution in [0.1, 0.15) is 12.5 Å². The Morgan fingerprint density at radius 1 is 1.15 bits per heavy atom. The molecule has 1 saturated heterocycles. The number of carboxylic acids is 1. The van der Waals surface area contributed by atoms with Crippen molar-refractivity contribution < 1.29 is 19.4 Å². The van der Waals surface area contributed by atoms with Gasteiger partial charge in [0.05, 0.1) is 18.9 Å². The second kappa shape index (κ2) is 8.49. The van der Waals surface area contributed by atoms with Crippen molar-refractivity contribution in [1.82, 2.24) is 0 Å². The first-order valence-electron chi connectivity index (χ1n) is 8.58. The maximum Gasteiger partial charge on any atom is 0.344 e. The van der Waals surface area contributed by atoms with Gasteiger partial charge in [0.2, 0.25) is 0 Å². The van der Waals surface area contributed by atoms with Gasteiger partial charge in [-0.2, -0.15) is 0 Å². The van der Waals surface area contributed by atoms with Crippen LogP contribution in [0.4, 0.5) is 11.4 Å². The lowest BCUT2D eigenvalue weighted by atomic mass is 10.2. The van der Waals surface area contributed by atoms with Gasteiger partial charge in [-0.15, -0.1) is 0 Å². The van der Waals surface area contributed by atoms with Gasteiger partial charge in [-0.05, 0) is 61.0 Å². The molecule has 2 aromatic rings. The molecule has 6 nitrogen and oxygen atoms in total. The SMILES string of the molecule is C[C@@H](Oc1ccc(C=Nc2ccc(N3CCOCC3)cc2)cc1)C(=O)O. The minimum absolute atomic E-state index is 0.520. The van der Waals surface area contributed by atoms with Crippen LogP contribution in [0.25, 0.3) is 0 Å². The molecule has 0 bridgehead atoms. The number of carbonyl (C=O) groups is 1. The van der Waals surface area contributed by atoms with E-state index in [4.69, 9.17) is 14.6 Å². The Bertz CT molecular complexity index is 750. The summed E-state index contributed by atoms with van der Waals surface area (Å²) in [5.74, 6) is -0.469. The minimum atomic E-state index is -0.990. The number of rotatable bonds is 6. The number of hydrogen-bond acceptors (Lipinski definition) is 5. The number of aliphatic imine (C=N–C) groups is 1. The van der Waals surface area contributed by atoms with Gasteiger partial charge < -0.3 is 19.5 Å². The van der Waals surface area contributed by atoms with Gasteiger partial charge in [-0.3, -0.25) is 4.99 Å². The van der Waals surface area contributed by atoms with Crippen molar-refractivity contribution in [3.8, 4) is 5.75 Å². The van der Waals surface area contributed by atoms with Gasteiger partial charge in [-0.1, -0.05) is 0 Å². The van der Waals surface area contributed by atoms with E-state index in [0.717, 1.165) is 37.6 Å². The van der Waals surface area contributed by atoms with E-state index < -0.39 is 12.1 Å². The van der Waals surface area contributed by atoms with E-state index in [2.05, 4.69) is 22.0 Å². The van der Waals surface area contributed by atoms with E-state index in [1.165, 1.54) is 12.6 Å². The molecule has 0 aliphatic carbocycles. The van der Waals surface area contributed by atoms with Gasteiger partial charge in [0.1, 0.15) is 5.75 Å². The van der Waals surface area contributed by atoms with Crippen molar-refractivity contribution in [3.63, 3.8) is 0 Å². The molecular formula is C20H22N2O4. The van der Waals surface area contributed by atoms with E-state index in [9.17, 15) is 4.79 Å². The molecule has 1 aliphatic rings. The molecule has 1 atom stereocenters. The highest BCUT2D eigenvalue weighted by molar-refractivity contribution is 5.82. The van der Waals surface area contributed by atoms with Crippen LogP contribution < -0.4 is 9.64 Å². The second-order valence-electron chi connectivity index (χ2n) is 6.04. The molecule has 1 heterocycles. The molecule has 0 aromatic heterocycles. The van der Waals surface area contributed by atoms with Crippen LogP contribution >= 0.6 is 0 Å². The summed E-state index contributed by atoms with van der Waals surface area (Å²) < 4.78 is 10.7. The normalized spacial score (nSPS) is 15.8. The monoisotopic (exact) mass is 354 g/mol. The number of benzene rings is 2. The smallest absolute Gasteiger partial charge is 0.344 e. The summed E-state index contributed by atoms with van der Waals surface area (Å²) >= 11 is 0. The maximum atomic E-state index is 10.8. The van der Waals surface area contributed by atoms with Crippen LogP contribution in [0.3, 0.4) is 0 Å². The third-order valence-corrected chi connectivity index (χ3v) is 4.13. The van der Waals surface area contributed by atoms with Gasteiger partial charge in [0, 0.05) is 25.0 Å². The first kappa shape index (κ1) is 17.9. The lowest BCUT2D eigenvalue weighted by molar-refractivity contribution is -0.144. The molecular weight excluding hydrogens is 332 g/mol. The lowest BCUT2D eigenvalue weighted by Crippen LogP contribution is -2.36. The van der Waals surface area contributed by atoms with E-state index >= 15 is 0 Å². The Morgan fingerprint density at radius 2 is 1.81 bits per heavy atom. The largest absolute Gasteiger partial charge is 0.479 e. The molecule has 3 rings (SSSR count). The zero-order valence-corrected chi connectivity index (χ0v) is 14.7. The molecule has 0 radical (unpaired) electrons. The number of ether oxygens (including phenoxy) is 2. The average Bonchev–Trinajstić information content (AvgIpc) is 2.68. The number of anilines is 1. The van der Waals surface area contributed by atoms with Gasteiger partial charge in [-0.25, -0.2) is 4.79 Å². The summed E-state index contributed by atoms with van der Waals surface area (Å²) in [6, 6.07) is 15.3. The molecule has 1 fully saturated rings. The fourth-order valence-corrected chi connectivity index (χ4v) is 2.61. The number of aliphatic carboxylic acids is 1. The average molecular weight is 354 g/mol. The Labute approximate surface area is 152 Å². The molecule has 1 N–H and O–H groups in total. The third-order valence-electron chi connectivity index (χ3n) is 4.13. The van der Waals surface area contributed by atoms with Gasteiger partial charge in [0.15, 0.2) is 6.10 Å². The Hall–Kier alpha value is -2.86. The first-order valence-corrected chi connectivity index (χ1v) is 8.58. The summed E-state index contributed by atoms with van der Waals surface area (Å²) in [5, 5.41) is 8.86. The first-order chi connectivity index (χ1) is 12.6. The molecule has 0 unspecified atom stereocenters. The highest BCUT2D eigenvalue weighted by atomic mass is 16.5. The van der Waals surface area contributed by atoms with E-state index in [1.807, 2.05) is 24.3 Å². The number of nitrogens with zero attached hydrogens (tertiary/aromatic N) is 2. The highest BCUT2D eigenvalue weighted by Gasteiger charge is 2.12. The standard InChI is InChI=1S/C20H22N2O4/c1-15(20(23)24)26-19-8-2-16(3-9-19)14-21-17-4-6-18(7-5-17)22-10-12-25-13-11-22/h2-9,14-15H,10-13H2,1H3,(H,23,24)/t15-/m1/s1. The van der Waals surface area contributed by atoms with Gasteiger partial charge in [0.25, 0.3) is 0 Å². The van der Waals surface area contributed by atoms with Crippen molar-refractivity contribution >= 4 is 23.6 Å². The van der Waals surface area contributed by atoms with Crippen molar-refractivity contribution in [1.29, 1.82) is 0 Å². The van der Waals surface area contributed by atoms with Gasteiger partial charge >= 0.3 is 5.97 Å². The molecule has 0 saturated carbocycles. The predicted molar refractivity (Wildman–Crippen MR) is 101 cm³/mol. The molecule has 1 aliphatic heterocycles. The second-order valence-corrected chi connectivity index (χ2v) is 6.04. The summed E-state index contributed by atoms with van der Waals surface area (Å²) in [7, 11) is 0.